The van der Waals surface area contributed by atoms with Crippen LogP contribution >= 0.6 is 0 Å². The number of hydrogen-bond acceptors (Lipinski definition) is 2. The lowest BCUT2D eigenvalue weighted by Gasteiger charge is -2.29. The SMILES string of the molecule is CC.Cc1ccc(Oc2cc(C(C)(C)C)cc(C(C)(C)C)c2Oc2ccc(C)cc2)cc1.[HH]. The van der Waals surface area contributed by atoms with Gasteiger partial charge in [-0.05, 0) is 60.6 Å². The molecule has 3 aromatic carbocycles. The fourth-order valence-electron chi connectivity index (χ4n) is 3.23. The first-order chi connectivity index (χ1) is 14.9. The van der Waals surface area contributed by atoms with Gasteiger partial charge in [0.15, 0.2) is 11.5 Å². The van der Waals surface area contributed by atoms with Gasteiger partial charge in [-0.3, -0.25) is 0 Å². The van der Waals surface area contributed by atoms with Gasteiger partial charge >= 0.3 is 0 Å². The molecule has 3 rings (SSSR count). The smallest absolute Gasteiger partial charge is 0.173 e. The Balaban J connectivity index is 0.00000177. The molecule has 0 aromatic heterocycles. The molecule has 0 unspecified atom stereocenters. The minimum absolute atomic E-state index is 0. The lowest BCUT2D eigenvalue weighted by Crippen LogP contribution is -2.18. The van der Waals surface area contributed by atoms with E-state index in [0.29, 0.717) is 0 Å². The maximum Gasteiger partial charge on any atom is 0.173 e. The topological polar surface area (TPSA) is 18.5 Å². The minimum atomic E-state index is -0.104. The monoisotopic (exact) mass is 434 g/mol. The highest BCUT2D eigenvalue weighted by molar-refractivity contribution is 5.56. The number of benzene rings is 3. The molecule has 0 saturated carbocycles. The molecule has 0 fully saturated rings. The molecule has 0 amide bonds. The first-order valence-corrected chi connectivity index (χ1v) is 11.6. The standard InChI is InChI=1S/C28H34O2.C2H6.H2/c1-19-9-13-22(14-10-19)29-25-18-21(27(3,4)5)17-24(28(6,7)8)26(25)30-23-15-11-20(2)12-16-23;1-2;/h9-18H,1-8H3;1-2H3;1H. The van der Waals surface area contributed by atoms with Gasteiger partial charge in [0, 0.05) is 6.99 Å². The molecule has 2 nitrogen and oxygen atoms in total. The van der Waals surface area contributed by atoms with E-state index in [1.807, 2.05) is 38.1 Å². The van der Waals surface area contributed by atoms with Crippen LogP contribution in [-0.4, -0.2) is 0 Å². The lowest BCUT2D eigenvalue weighted by atomic mass is 9.80. The van der Waals surface area contributed by atoms with Crippen molar-refractivity contribution in [2.75, 3.05) is 0 Å². The van der Waals surface area contributed by atoms with Crippen LogP contribution < -0.4 is 9.47 Å². The summed E-state index contributed by atoms with van der Waals surface area (Å²) in [7, 11) is 0. The van der Waals surface area contributed by atoms with Gasteiger partial charge in [-0.15, -0.1) is 0 Å². The summed E-state index contributed by atoms with van der Waals surface area (Å²) in [6.07, 6.45) is 0. The Morgan fingerprint density at radius 2 is 1.03 bits per heavy atom. The molecular formula is C30H42O2. The quantitative estimate of drug-likeness (QED) is 0.407. The van der Waals surface area contributed by atoms with Gasteiger partial charge in [-0.25, -0.2) is 0 Å². The van der Waals surface area contributed by atoms with Crippen LogP contribution in [0.25, 0.3) is 0 Å². The van der Waals surface area contributed by atoms with E-state index in [1.54, 1.807) is 0 Å². The Morgan fingerprint density at radius 3 is 1.44 bits per heavy atom. The summed E-state index contributed by atoms with van der Waals surface area (Å²) >= 11 is 0. The molecule has 174 valence electrons. The van der Waals surface area contributed by atoms with Crippen molar-refractivity contribution in [1.82, 2.24) is 0 Å². The Morgan fingerprint density at radius 1 is 0.594 bits per heavy atom. The van der Waals surface area contributed by atoms with Crippen molar-refractivity contribution in [3.8, 4) is 23.0 Å². The molecule has 0 aliphatic heterocycles. The molecule has 0 atom stereocenters. The van der Waals surface area contributed by atoms with Gasteiger partial charge in [0.05, 0.1) is 0 Å². The average molecular weight is 435 g/mol. The van der Waals surface area contributed by atoms with E-state index >= 15 is 0 Å². The second kappa shape index (κ2) is 10.3. The Hall–Kier alpha value is -2.74. The second-order valence-electron chi connectivity index (χ2n) is 10.2. The molecule has 0 heterocycles. The highest BCUT2D eigenvalue weighted by atomic mass is 16.5. The third kappa shape index (κ3) is 6.63. The van der Waals surface area contributed by atoms with Gasteiger partial charge in [-0.2, -0.15) is 0 Å². The van der Waals surface area contributed by atoms with Crippen molar-refractivity contribution in [2.45, 2.75) is 80.1 Å². The van der Waals surface area contributed by atoms with E-state index in [-0.39, 0.29) is 12.3 Å². The van der Waals surface area contributed by atoms with Crippen LogP contribution in [0.3, 0.4) is 0 Å². The molecule has 3 aromatic rings. The zero-order valence-electron chi connectivity index (χ0n) is 21.6. The summed E-state index contributed by atoms with van der Waals surface area (Å²) in [6, 6.07) is 20.7. The van der Waals surface area contributed by atoms with Crippen LogP contribution in [-0.2, 0) is 10.8 Å². The predicted octanol–water partition coefficient (Wildman–Crippen LogP) is 9.76. The predicted molar refractivity (Wildman–Crippen MR) is 140 cm³/mol. The molecule has 0 aliphatic carbocycles. The van der Waals surface area contributed by atoms with Crippen molar-refractivity contribution >= 4 is 0 Å². The number of rotatable bonds is 4. The number of ether oxygens (including phenoxy) is 2. The summed E-state index contributed by atoms with van der Waals surface area (Å²) < 4.78 is 12.9. The average Bonchev–Trinajstić information content (AvgIpc) is 2.72. The second-order valence-corrected chi connectivity index (χ2v) is 10.2. The Labute approximate surface area is 197 Å². The van der Waals surface area contributed by atoms with Gasteiger partial charge in [0.25, 0.3) is 0 Å². The maximum absolute atomic E-state index is 6.46. The summed E-state index contributed by atoms with van der Waals surface area (Å²) in [5.41, 5.74) is 4.67. The number of aryl methyl sites for hydroxylation is 2. The largest absolute Gasteiger partial charge is 0.453 e. The Kier molecular flexibility index (Phi) is 8.18. The van der Waals surface area contributed by atoms with Crippen LogP contribution in [0.4, 0.5) is 0 Å². The zero-order valence-corrected chi connectivity index (χ0v) is 21.6. The van der Waals surface area contributed by atoms with Crippen molar-refractivity contribution in [2.24, 2.45) is 0 Å². The van der Waals surface area contributed by atoms with E-state index in [2.05, 4.69) is 91.8 Å². The van der Waals surface area contributed by atoms with Gasteiger partial charge < -0.3 is 9.47 Å². The Bertz CT molecular complexity index is 1010. The van der Waals surface area contributed by atoms with Gasteiger partial charge in [-0.1, -0.05) is 96.8 Å². The molecule has 0 spiro atoms. The van der Waals surface area contributed by atoms with E-state index in [1.165, 1.54) is 16.7 Å². The molecule has 0 radical (unpaired) electrons. The van der Waals surface area contributed by atoms with E-state index < -0.39 is 0 Å². The molecule has 0 N–H and O–H groups in total. The summed E-state index contributed by atoms with van der Waals surface area (Å²) in [6.45, 7) is 21.5. The van der Waals surface area contributed by atoms with Crippen LogP contribution in [0.15, 0.2) is 60.7 Å². The van der Waals surface area contributed by atoms with Crippen LogP contribution in [0, 0.1) is 13.8 Å². The first kappa shape index (κ1) is 25.5. The van der Waals surface area contributed by atoms with Crippen LogP contribution in [0.5, 0.6) is 23.0 Å². The third-order valence-corrected chi connectivity index (χ3v) is 5.22. The van der Waals surface area contributed by atoms with E-state index in [4.69, 9.17) is 9.47 Å². The van der Waals surface area contributed by atoms with Crippen molar-refractivity contribution in [3.63, 3.8) is 0 Å². The molecule has 2 heteroatoms. The molecule has 0 saturated heterocycles. The van der Waals surface area contributed by atoms with E-state index in [9.17, 15) is 0 Å². The van der Waals surface area contributed by atoms with E-state index in [0.717, 1.165) is 28.6 Å². The molecule has 32 heavy (non-hydrogen) atoms. The van der Waals surface area contributed by atoms with Crippen molar-refractivity contribution in [1.29, 1.82) is 0 Å². The summed E-state index contributed by atoms with van der Waals surface area (Å²) in [5.74, 6) is 3.14. The molecule has 0 aliphatic rings. The third-order valence-electron chi connectivity index (χ3n) is 5.22. The zero-order chi connectivity index (χ0) is 24.1. The summed E-state index contributed by atoms with van der Waals surface area (Å²) in [5, 5.41) is 0. The molecule has 0 bridgehead atoms. The van der Waals surface area contributed by atoms with Crippen molar-refractivity contribution < 1.29 is 10.9 Å². The van der Waals surface area contributed by atoms with Gasteiger partial charge in [0.1, 0.15) is 11.5 Å². The fraction of sp³-hybridized carbons (Fsp3) is 0.400. The normalized spacial score (nSPS) is 11.4. The first-order valence-electron chi connectivity index (χ1n) is 11.6. The van der Waals surface area contributed by atoms with Gasteiger partial charge in [0.2, 0.25) is 0 Å². The maximum atomic E-state index is 6.46. The highest BCUT2D eigenvalue weighted by Gasteiger charge is 2.27. The fourth-order valence-corrected chi connectivity index (χ4v) is 3.23. The summed E-state index contributed by atoms with van der Waals surface area (Å²) in [4.78, 5) is 0. The van der Waals surface area contributed by atoms with Crippen LogP contribution in [0.2, 0.25) is 0 Å². The lowest BCUT2D eigenvalue weighted by molar-refractivity contribution is 0.401. The van der Waals surface area contributed by atoms with Crippen LogP contribution in [0.1, 0.15) is 79.1 Å². The molecular weight excluding hydrogens is 392 g/mol. The number of hydrogen-bond donors (Lipinski definition) is 0. The van der Waals surface area contributed by atoms with Crippen molar-refractivity contribution in [3.05, 3.63) is 82.9 Å². The minimum Gasteiger partial charge on any atom is -0.453 e. The highest BCUT2D eigenvalue weighted by Crippen LogP contribution is 2.45.